The molecule has 7 heteroatoms. The second kappa shape index (κ2) is 5.49. The molecule has 0 aliphatic heterocycles. The van der Waals surface area contributed by atoms with Crippen LogP contribution in [-0.4, -0.2) is 20.1 Å². The number of benzene rings is 1. The Balaban J connectivity index is 1.98. The summed E-state index contributed by atoms with van der Waals surface area (Å²) in [5, 5.41) is 22.6. The van der Waals surface area contributed by atoms with Crippen molar-refractivity contribution >= 4 is 22.3 Å². The van der Waals surface area contributed by atoms with Gasteiger partial charge < -0.3 is 5.32 Å². The average molecular weight is 281 g/mol. The summed E-state index contributed by atoms with van der Waals surface area (Å²) in [7, 11) is 0. The molecule has 104 valence electrons. The number of fused-ring (bicyclic) bond motifs is 1. The van der Waals surface area contributed by atoms with Crippen molar-refractivity contribution in [3.05, 3.63) is 64.6 Å². The maximum atomic E-state index is 11.4. The summed E-state index contributed by atoms with van der Waals surface area (Å²) in [6.07, 6.45) is 3.19. The van der Waals surface area contributed by atoms with Crippen molar-refractivity contribution in [1.82, 2.24) is 15.2 Å². The van der Waals surface area contributed by atoms with Gasteiger partial charge in [0.1, 0.15) is 5.69 Å². The van der Waals surface area contributed by atoms with Crippen LogP contribution < -0.4 is 5.32 Å². The molecule has 0 aliphatic rings. The third-order valence-electron chi connectivity index (χ3n) is 3.03. The molecule has 0 amide bonds. The summed E-state index contributed by atoms with van der Waals surface area (Å²) in [4.78, 5) is 15.1. The van der Waals surface area contributed by atoms with E-state index in [4.69, 9.17) is 0 Å². The third kappa shape index (κ3) is 2.62. The molecule has 0 spiro atoms. The van der Waals surface area contributed by atoms with Crippen molar-refractivity contribution in [1.29, 1.82) is 0 Å². The van der Waals surface area contributed by atoms with E-state index in [2.05, 4.69) is 20.5 Å². The number of nitrogens with zero attached hydrogens (tertiary/aromatic N) is 4. The van der Waals surface area contributed by atoms with Gasteiger partial charge in [-0.25, -0.2) is 0 Å². The van der Waals surface area contributed by atoms with E-state index in [0.29, 0.717) is 28.8 Å². The largest absolute Gasteiger partial charge is 0.374 e. The Bertz CT molecular complexity index is 792. The summed E-state index contributed by atoms with van der Waals surface area (Å²) < 4.78 is 0. The van der Waals surface area contributed by atoms with Crippen molar-refractivity contribution in [2.24, 2.45) is 0 Å². The zero-order valence-corrected chi connectivity index (χ0v) is 10.9. The number of nitro groups is 1. The highest BCUT2D eigenvalue weighted by Crippen LogP contribution is 2.32. The lowest BCUT2D eigenvalue weighted by Crippen LogP contribution is -2.05. The molecule has 21 heavy (non-hydrogen) atoms. The minimum Gasteiger partial charge on any atom is -0.374 e. The fourth-order valence-corrected chi connectivity index (χ4v) is 2.09. The van der Waals surface area contributed by atoms with Gasteiger partial charge in [0, 0.05) is 12.4 Å². The SMILES string of the molecule is O=[N+]([O-])c1c(NCc2cccnn2)ccc2ncccc12. The Morgan fingerprint density at radius 1 is 1.14 bits per heavy atom. The summed E-state index contributed by atoms with van der Waals surface area (Å²) >= 11 is 0. The van der Waals surface area contributed by atoms with E-state index >= 15 is 0 Å². The lowest BCUT2D eigenvalue weighted by molar-refractivity contribution is -0.382. The van der Waals surface area contributed by atoms with Crippen LogP contribution in [-0.2, 0) is 6.54 Å². The van der Waals surface area contributed by atoms with Crippen molar-refractivity contribution in [2.75, 3.05) is 5.32 Å². The van der Waals surface area contributed by atoms with Crippen LogP contribution in [0.2, 0.25) is 0 Å². The molecule has 1 N–H and O–H groups in total. The van der Waals surface area contributed by atoms with Gasteiger partial charge in [-0.15, -0.1) is 0 Å². The number of aromatic nitrogens is 3. The van der Waals surface area contributed by atoms with Crippen LogP contribution in [0.3, 0.4) is 0 Å². The molecule has 0 fully saturated rings. The Morgan fingerprint density at radius 3 is 2.76 bits per heavy atom. The zero-order valence-electron chi connectivity index (χ0n) is 10.9. The number of anilines is 1. The van der Waals surface area contributed by atoms with E-state index in [1.165, 1.54) is 0 Å². The monoisotopic (exact) mass is 281 g/mol. The molecule has 1 aromatic carbocycles. The Kier molecular flexibility index (Phi) is 3.38. The third-order valence-corrected chi connectivity index (χ3v) is 3.03. The summed E-state index contributed by atoms with van der Waals surface area (Å²) in [6.45, 7) is 0.362. The molecule has 0 saturated heterocycles. The second-order valence-electron chi connectivity index (χ2n) is 4.36. The number of nitro benzene ring substituents is 1. The average Bonchev–Trinajstić information content (AvgIpc) is 2.53. The Hall–Kier alpha value is -3.09. The number of rotatable bonds is 4. The van der Waals surface area contributed by atoms with Crippen LogP contribution in [0.25, 0.3) is 10.9 Å². The van der Waals surface area contributed by atoms with Crippen molar-refractivity contribution < 1.29 is 4.92 Å². The molecule has 0 saturated carbocycles. The molecule has 0 radical (unpaired) electrons. The highest BCUT2D eigenvalue weighted by molar-refractivity contribution is 5.94. The highest BCUT2D eigenvalue weighted by Gasteiger charge is 2.18. The minimum atomic E-state index is -0.400. The second-order valence-corrected chi connectivity index (χ2v) is 4.36. The molecular formula is C14H11N5O2. The quantitative estimate of drug-likeness (QED) is 0.583. The van der Waals surface area contributed by atoms with Crippen molar-refractivity contribution in [3.8, 4) is 0 Å². The van der Waals surface area contributed by atoms with Crippen molar-refractivity contribution in [3.63, 3.8) is 0 Å². The molecule has 0 unspecified atom stereocenters. The highest BCUT2D eigenvalue weighted by atomic mass is 16.6. The predicted molar refractivity (Wildman–Crippen MR) is 77.8 cm³/mol. The number of hydrogen-bond acceptors (Lipinski definition) is 6. The lowest BCUT2D eigenvalue weighted by atomic mass is 10.1. The van der Waals surface area contributed by atoms with E-state index in [1.807, 2.05) is 0 Å². The molecule has 3 aromatic rings. The van der Waals surface area contributed by atoms with Gasteiger partial charge in [0.05, 0.1) is 28.1 Å². The normalized spacial score (nSPS) is 10.5. The predicted octanol–water partition coefficient (Wildman–Crippen LogP) is 2.55. The van der Waals surface area contributed by atoms with Gasteiger partial charge in [-0.1, -0.05) is 0 Å². The number of hydrogen-bond donors (Lipinski definition) is 1. The van der Waals surface area contributed by atoms with Crippen molar-refractivity contribution in [2.45, 2.75) is 6.54 Å². The topological polar surface area (TPSA) is 93.8 Å². The fraction of sp³-hybridized carbons (Fsp3) is 0.0714. The van der Waals surface area contributed by atoms with E-state index in [-0.39, 0.29) is 5.69 Å². The van der Waals surface area contributed by atoms with Gasteiger partial charge >= 0.3 is 5.69 Å². The standard InChI is InChI=1S/C14H11N5O2/c20-19(21)14-11-4-2-7-15-12(11)5-6-13(14)16-9-10-3-1-8-17-18-10/h1-8,16H,9H2. The van der Waals surface area contributed by atoms with Crippen LogP contribution >= 0.6 is 0 Å². The maximum Gasteiger partial charge on any atom is 0.301 e. The first-order valence-corrected chi connectivity index (χ1v) is 6.28. The van der Waals surface area contributed by atoms with Crippen LogP contribution in [0.15, 0.2) is 48.8 Å². The zero-order chi connectivity index (χ0) is 14.7. The van der Waals surface area contributed by atoms with E-state index < -0.39 is 4.92 Å². The van der Waals surface area contributed by atoms with Crippen LogP contribution in [0.5, 0.6) is 0 Å². The first kappa shape index (κ1) is 12.9. The molecule has 0 bridgehead atoms. The molecular weight excluding hydrogens is 270 g/mol. The molecule has 0 atom stereocenters. The summed E-state index contributed by atoms with van der Waals surface area (Å²) in [5.41, 5.74) is 1.75. The Morgan fingerprint density at radius 2 is 2.00 bits per heavy atom. The van der Waals surface area contributed by atoms with Crippen LogP contribution in [0.4, 0.5) is 11.4 Å². The lowest BCUT2D eigenvalue weighted by Gasteiger charge is -2.08. The van der Waals surface area contributed by atoms with Gasteiger partial charge in [-0.2, -0.15) is 10.2 Å². The van der Waals surface area contributed by atoms with Gasteiger partial charge in [0.25, 0.3) is 0 Å². The first-order chi connectivity index (χ1) is 10.3. The van der Waals surface area contributed by atoms with Crippen LogP contribution in [0, 0.1) is 10.1 Å². The Labute approximate surface area is 119 Å². The fourth-order valence-electron chi connectivity index (χ4n) is 2.09. The van der Waals surface area contributed by atoms with E-state index in [0.717, 1.165) is 0 Å². The molecule has 3 rings (SSSR count). The van der Waals surface area contributed by atoms with Gasteiger partial charge in [-0.05, 0) is 36.4 Å². The van der Waals surface area contributed by atoms with Crippen LogP contribution in [0.1, 0.15) is 5.69 Å². The molecule has 0 aliphatic carbocycles. The van der Waals surface area contributed by atoms with Gasteiger partial charge in [-0.3, -0.25) is 15.1 Å². The smallest absolute Gasteiger partial charge is 0.301 e. The molecule has 2 aromatic heterocycles. The molecule has 2 heterocycles. The first-order valence-electron chi connectivity index (χ1n) is 6.28. The van der Waals surface area contributed by atoms with Gasteiger partial charge in [0.2, 0.25) is 0 Å². The molecule has 7 nitrogen and oxygen atoms in total. The maximum absolute atomic E-state index is 11.4. The van der Waals surface area contributed by atoms with Gasteiger partial charge in [0.15, 0.2) is 0 Å². The van der Waals surface area contributed by atoms with E-state index in [9.17, 15) is 10.1 Å². The summed E-state index contributed by atoms with van der Waals surface area (Å²) in [5.74, 6) is 0. The van der Waals surface area contributed by atoms with E-state index in [1.54, 1.807) is 48.8 Å². The minimum absolute atomic E-state index is 0.0180. The number of pyridine rings is 1. The summed E-state index contributed by atoms with van der Waals surface area (Å²) in [6, 6.07) is 10.3. The number of nitrogens with one attached hydrogen (secondary N) is 1.